The number of alkyl halides is 3. The van der Waals surface area contributed by atoms with Crippen LogP contribution in [-0.2, 0) is 22.3 Å². The van der Waals surface area contributed by atoms with E-state index in [1.165, 1.54) is 7.11 Å². The summed E-state index contributed by atoms with van der Waals surface area (Å²) >= 11 is 0.930. The summed E-state index contributed by atoms with van der Waals surface area (Å²) in [5, 5.41) is 4.39. The van der Waals surface area contributed by atoms with Crippen LogP contribution in [0.1, 0.15) is 24.5 Å². The summed E-state index contributed by atoms with van der Waals surface area (Å²) in [5.74, 6) is 0.156. The fraction of sp³-hybridized carbons (Fsp3) is 0.667. The topological polar surface area (TPSA) is 66.8 Å². The lowest BCUT2D eigenvalue weighted by molar-refractivity contribution is -0.146. The molecule has 1 aliphatic heterocycles. The SMILES string of the molecule is CCNC(=NCc1nc(C(F)(F)F)cs1)N1CC(C)C(C(=O)OC)C1. The monoisotopic (exact) mass is 378 g/mol. The number of nitrogens with one attached hydrogen (secondary N) is 1. The van der Waals surface area contributed by atoms with Gasteiger partial charge in [-0.3, -0.25) is 4.79 Å². The number of guanidine groups is 1. The molecule has 2 rings (SSSR count). The van der Waals surface area contributed by atoms with E-state index < -0.39 is 11.9 Å². The summed E-state index contributed by atoms with van der Waals surface area (Å²) in [4.78, 5) is 21.7. The van der Waals surface area contributed by atoms with Crippen molar-refractivity contribution < 1.29 is 22.7 Å². The second-order valence-electron chi connectivity index (χ2n) is 5.81. The zero-order chi connectivity index (χ0) is 18.6. The Morgan fingerprint density at radius 2 is 2.24 bits per heavy atom. The maximum atomic E-state index is 12.6. The number of methoxy groups -OCH3 is 1. The maximum absolute atomic E-state index is 12.6. The van der Waals surface area contributed by atoms with Crippen LogP contribution in [0.25, 0.3) is 0 Å². The first-order chi connectivity index (χ1) is 11.8. The Morgan fingerprint density at radius 1 is 1.52 bits per heavy atom. The predicted molar refractivity (Wildman–Crippen MR) is 88.2 cm³/mol. The zero-order valence-electron chi connectivity index (χ0n) is 14.3. The number of aromatic nitrogens is 1. The molecule has 0 amide bonds. The molecule has 1 aliphatic rings. The van der Waals surface area contributed by atoms with Crippen LogP contribution in [0.15, 0.2) is 10.4 Å². The quantitative estimate of drug-likeness (QED) is 0.495. The number of hydrogen-bond donors (Lipinski definition) is 1. The molecule has 0 bridgehead atoms. The Morgan fingerprint density at radius 3 is 2.80 bits per heavy atom. The van der Waals surface area contributed by atoms with Crippen LogP contribution in [0.5, 0.6) is 0 Å². The third kappa shape index (κ3) is 4.83. The molecule has 1 fully saturated rings. The molecule has 1 aromatic rings. The van der Waals surface area contributed by atoms with Gasteiger partial charge in [0.15, 0.2) is 11.7 Å². The van der Waals surface area contributed by atoms with Gasteiger partial charge in [0, 0.05) is 25.0 Å². The first-order valence-corrected chi connectivity index (χ1v) is 8.76. The van der Waals surface area contributed by atoms with Crippen molar-refractivity contribution in [2.24, 2.45) is 16.8 Å². The Bertz CT molecular complexity index is 633. The van der Waals surface area contributed by atoms with Gasteiger partial charge in [-0.25, -0.2) is 9.98 Å². The highest BCUT2D eigenvalue weighted by Crippen LogP contribution is 2.30. The molecule has 0 aliphatic carbocycles. The van der Waals surface area contributed by atoms with E-state index in [1.807, 2.05) is 18.7 Å². The minimum atomic E-state index is -4.44. The van der Waals surface area contributed by atoms with E-state index in [2.05, 4.69) is 15.3 Å². The molecule has 1 saturated heterocycles. The largest absolute Gasteiger partial charge is 0.469 e. The number of nitrogens with zero attached hydrogens (tertiary/aromatic N) is 3. The van der Waals surface area contributed by atoms with Crippen LogP contribution in [0.2, 0.25) is 0 Å². The smallest absolute Gasteiger partial charge is 0.434 e. The number of carbonyl (C=O) groups excluding carboxylic acids is 1. The second kappa shape index (κ2) is 8.03. The number of rotatable bonds is 4. The van der Waals surface area contributed by atoms with E-state index in [-0.39, 0.29) is 24.3 Å². The predicted octanol–water partition coefficient (Wildman–Crippen LogP) is 2.37. The highest BCUT2D eigenvalue weighted by Gasteiger charge is 2.37. The minimum Gasteiger partial charge on any atom is -0.469 e. The molecule has 140 valence electrons. The lowest BCUT2D eigenvalue weighted by atomic mass is 9.99. The van der Waals surface area contributed by atoms with Crippen molar-refractivity contribution in [3.63, 3.8) is 0 Å². The van der Waals surface area contributed by atoms with Gasteiger partial charge in [-0.15, -0.1) is 11.3 Å². The Kier molecular flexibility index (Phi) is 6.26. The molecular formula is C15H21F3N4O2S. The van der Waals surface area contributed by atoms with E-state index in [9.17, 15) is 18.0 Å². The van der Waals surface area contributed by atoms with Crippen LogP contribution >= 0.6 is 11.3 Å². The van der Waals surface area contributed by atoms with Crippen molar-refractivity contribution in [3.8, 4) is 0 Å². The number of likely N-dealkylation sites (tertiary alicyclic amines) is 1. The number of thiazole rings is 1. The number of esters is 1. The van der Waals surface area contributed by atoms with Gasteiger partial charge in [-0.2, -0.15) is 13.2 Å². The average molecular weight is 378 g/mol. The summed E-state index contributed by atoms with van der Waals surface area (Å²) in [6.07, 6.45) is -4.44. The van der Waals surface area contributed by atoms with E-state index in [0.29, 0.717) is 30.6 Å². The summed E-state index contributed by atoms with van der Waals surface area (Å²) in [6, 6.07) is 0. The lowest BCUT2D eigenvalue weighted by Gasteiger charge is -2.21. The third-order valence-electron chi connectivity index (χ3n) is 3.96. The van der Waals surface area contributed by atoms with Crippen LogP contribution in [0.4, 0.5) is 13.2 Å². The van der Waals surface area contributed by atoms with Crippen LogP contribution in [0, 0.1) is 11.8 Å². The zero-order valence-corrected chi connectivity index (χ0v) is 15.1. The van der Waals surface area contributed by atoms with Gasteiger partial charge < -0.3 is 15.0 Å². The molecule has 2 unspecified atom stereocenters. The third-order valence-corrected chi connectivity index (χ3v) is 4.79. The van der Waals surface area contributed by atoms with Gasteiger partial charge in [0.05, 0.1) is 19.6 Å². The first kappa shape index (κ1) is 19.5. The van der Waals surface area contributed by atoms with Gasteiger partial charge in [0.25, 0.3) is 0 Å². The highest BCUT2D eigenvalue weighted by molar-refractivity contribution is 7.09. The standard InChI is InChI=1S/C15H21F3N4O2S/c1-4-19-14(22-6-9(2)10(7-22)13(23)24-3)20-5-12-21-11(8-25-12)15(16,17)18/h8-10H,4-7H2,1-3H3,(H,19,20). The second-order valence-corrected chi connectivity index (χ2v) is 6.75. The van der Waals surface area contributed by atoms with E-state index in [1.54, 1.807) is 0 Å². The molecule has 0 radical (unpaired) electrons. The molecule has 1 N–H and O–H groups in total. The van der Waals surface area contributed by atoms with Crippen molar-refractivity contribution in [2.45, 2.75) is 26.6 Å². The summed E-state index contributed by atoms with van der Waals surface area (Å²) in [7, 11) is 1.36. The number of halogens is 3. The van der Waals surface area contributed by atoms with Crippen molar-refractivity contribution in [1.82, 2.24) is 15.2 Å². The summed E-state index contributed by atoms with van der Waals surface area (Å²) in [6.45, 7) is 5.61. The number of hydrogen-bond acceptors (Lipinski definition) is 5. The molecule has 25 heavy (non-hydrogen) atoms. The Hall–Kier alpha value is -1.84. The fourth-order valence-electron chi connectivity index (χ4n) is 2.68. The minimum absolute atomic E-state index is 0.0524. The molecule has 10 heteroatoms. The molecule has 6 nitrogen and oxygen atoms in total. The summed E-state index contributed by atoms with van der Waals surface area (Å²) < 4.78 is 42.6. The molecule has 1 aromatic heterocycles. The molecule has 0 saturated carbocycles. The lowest BCUT2D eigenvalue weighted by Crippen LogP contribution is -2.40. The van der Waals surface area contributed by atoms with Gasteiger partial charge in [0.1, 0.15) is 5.01 Å². The Balaban J connectivity index is 2.09. The van der Waals surface area contributed by atoms with Crippen LogP contribution in [0.3, 0.4) is 0 Å². The van der Waals surface area contributed by atoms with Crippen LogP contribution in [-0.4, -0.2) is 48.6 Å². The van der Waals surface area contributed by atoms with Gasteiger partial charge in [0.2, 0.25) is 0 Å². The Labute approximate surface area is 148 Å². The van der Waals surface area contributed by atoms with E-state index >= 15 is 0 Å². The molecule has 2 atom stereocenters. The van der Waals surface area contributed by atoms with Crippen LogP contribution < -0.4 is 5.32 Å². The van der Waals surface area contributed by atoms with Gasteiger partial charge >= 0.3 is 12.1 Å². The van der Waals surface area contributed by atoms with Gasteiger partial charge in [-0.05, 0) is 12.8 Å². The number of carbonyl (C=O) groups is 1. The fourth-order valence-corrected chi connectivity index (χ4v) is 3.40. The molecular weight excluding hydrogens is 357 g/mol. The van der Waals surface area contributed by atoms with Gasteiger partial charge in [-0.1, -0.05) is 6.92 Å². The molecule has 2 heterocycles. The highest BCUT2D eigenvalue weighted by atomic mass is 32.1. The first-order valence-electron chi connectivity index (χ1n) is 7.89. The van der Waals surface area contributed by atoms with Crippen molar-refractivity contribution >= 4 is 23.3 Å². The maximum Gasteiger partial charge on any atom is 0.434 e. The normalized spacial score (nSPS) is 21.5. The molecule has 0 aromatic carbocycles. The molecule has 0 spiro atoms. The average Bonchev–Trinajstić information content (AvgIpc) is 3.17. The number of aliphatic imine (C=N–C) groups is 1. The van der Waals surface area contributed by atoms with Crippen molar-refractivity contribution in [1.29, 1.82) is 0 Å². The number of ether oxygens (including phenoxy) is 1. The summed E-state index contributed by atoms with van der Waals surface area (Å²) in [5.41, 5.74) is -0.895. The van der Waals surface area contributed by atoms with E-state index in [4.69, 9.17) is 4.74 Å². The van der Waals surface area contributed by atoms with E-state index in [0.717, 1.165) is 16.7 Å². The van der Waals surface area contributed by atoms with Crippen molar-refractivity contribution in [3.05, 3.63) is 16.1 Å². The van der Waals surface area contributed by atoms with Crippen molar-refractivity contribution in [2.75, 3.05) is 26.7 Å².